The van der Waals surface area contributed by atoms with Gasteiger partial charge in [-0.2, -0.15) is 0 Å². The third-order valence-electron chi connectivity index (χ3n) is 4.49. The van der Waals surface area contributed by atoms with Crippen molar-refractivity contribution >= 4 is 27.5 Å². The highest BCUT2D eigenvalue weighted by Crippen LogP contribution is 2.22. The zero-order valence-electron chi connectivity index (χ0n) is 14.6. The Morgan fingerprint density at radius 1 is 1.00 bits per heavy atom. The van der Waals surface area contributed by atoms with Gasteiger partial charge in [0.05, 0.1) is 6.61 Å². The van der Waals surface area contributed by atoms with E-state index >= 15 is 0 Å². The van der Waals surface area contributed by atoms with Crippen molar-refractivity contribution in [1.82, 2.24) is 0 Å². The van der Waals surface area contributed by atoms with Crippen LogP contribution in [-0.2, 0) is 9.53 Å². The minimum atomic E-state index is -0.158. The topological polar surface area (TPSA) is 43.4 Å². The molecule has 3 rings (SSSR count). The molecule has 3 aromatic rings. The number of rotatable bonds is 5. The predicted molar refractivity (Wildman–Crippen MR) is 102 cm³/mol. The molecule has 3 nitrogen and oxygen atoms in total. The first-order chi connectivity index (χ1) is 12.1. The largest absolute Gasteiger partial charge is 0.465 e. The Kier molecular flexibility index (Phi) is 5.13. The molecule has 0 bridgehead atoms. The molecule has 0 spiro atoms. The molecule has 0 aliphatic carbocycles. The molecule has 0 heterocycles. The standard InChI is InChI=1S/C22H22O3/c1-3-6-21(23)25-14-15(2)17-11-12-20-18(13-17)10-9-16-7-4-5-8-19(16)22(20)24/h4-5,7-13,15H,3,6,14H2,1-2H3. The van der Waals surface area contributed by atoms with E-state index in [-0.39, 0.29) is 17.3 Å². The van der Waals surface area contributed by atoms with Gasteiger partial charge >= 0.3 is 5.97 Å². The minimum Gasteiger partial charge on any atom is -0.465 e. The molecule has 0 amide bonds. The van der Waals surface area contributed by atoms with Crippen LogP contribution >= 0.6 is 0 Å². The normalized spacial score (nSPS) is 12.2. The van der Waals surface area contributed by atoms with Crippen molar-refractivity contribution in [3.05, 3.63) is 70.4 Å². The molecule has 25 heavy (non-hydrogen) atoms. The fourth-order valence-electron chi connectivity index (χ4n) is 3.00. The molecule has 0 aliphatic rings. The van der Waals surface area contributed by atoms with Gasteiger partial charge in [0.15, 0.2) is 5.43 Å². The summed E-state index contributed by atoms with van der Waals surface area (Å²) in [5.41, 5.74) is 1.11. The highest BCUT2D eigenvalue weighted by Gasteiger charge is 2.11. The van der Waals surface area contributed by atoms with Gasteiger partial charge in [0, 0.05) is 23.1 Å². The van der Waals surface area contributed by atoms with Crippen LogP contribution in [0.15, 0.2) is 59.4 Å². The third-order valence-corrected chi connectivity index (χ3v) is 4.49. The number of ether oxygens (including phenoxy) is 1. The summed E-state index contributed by atoms with van der Waals surface area (Å²) in [5.74, 6) is -0.0742. The van der Waals surface area contributed by atoms with Crippen LogP contribution in [0.3, 0.4) is 0 Å². The molecule has 0 aromatic heterocycles. The van der Waals surface area contributed by atoms with E-state index in [0.29, 0.717) is 18.4 Å². The number of carbonyl (C=O) groups is 1. The molecular weight excluding hydrogens is 312 g/mol. The molecule has 0 fully saturated rings. The molecule has 0 saturated carbocycles. The Labute approximate surface area is 147 Å². The average Bonchev–Trinajstić information content (AvgIpc) is 2.77. The van der Waals surface area contributed by atoms with Crippen LogP contribution in [0.4, 0.5) is 0 Å². The zero-order chi connectivity index (χ0) is 17.8. The molecule has 3 heteroatoms. The summed E-state index contributed by atoms with van der Waals surface area (Å²) in [6, 6.07) is 17.5. The Balaban J connectivity index is 1.96. The van der Waals surface area contributed by atoms with Crippen LogP contribution in [0.1, 0.15) is 38.2 Å². The van der Waals surface area contributed by atoms with Gasteiger partial charge < -0.3 is 4.74 Å². The predicted octanol–water partition coefficient (Wildman–Crippen LogP) is 4.80. The van der Waals surface area contributed by atoms with Crippen LogP contribution in [0.5, 0.6) is 0 Å². The minimum absolute atomic E-state index is 0.0455. The number of hydrogen-bond donors (Lipinski definition) is 0. The smallest absolute Gasteiger partial charge is 0.305 e. The first-order valence-electron chi connectivity index (χ1n) is 8.71. The fourth-order valence-corrected chi connectivity index (χ4v) is 3.00. The lowest BCUT2D eigenvalue weighted by Crippen LogP contribution is -2.10. The van der Waals surface area contributed by atoms with Gasteiger partial charge in [0.2, 0.25) is 0 Å². The summed E-state index contributed by atoms with van der Waals surface area (Å²) in [7, 11) is 0. The molecule has 1 unspecified atom stereocenters. The Morgan fingerprint density at radius 2 is 1.72 bits per heavy atom. The van der Waals surface area contributed by atoms with Crippen molar-refractivity contribution in [3.8, 4) is 0 Å². The van der Waals surface area contributed by atoms with Crippen molar-refractivity contribution in [2.24, 2.45) is 0 Å². The van der Waals surface area contributed by atoms with E-state index in [9.17, 15) is 9.59 Å². The van der Waals surface area contributed by atoms with Crippen molar-refractivity contribution in [2.45, 2.75) is 32.6 Å². The van der Waals surface area contributed by atoms with Gasteiger partial charge in [0.1, 0.15) is 0 Å². The van der Waals surface area contributed by atoms with Crippen LogP contribution < -0.4 is 5.43 Å². The Bertz CT molecular complexity index is 975. The van der Waals surface area contributed by atoms with E-state index in [1.54, 1.807) is 0 Å². The summed E-state index contributed by atoms with van der Waals surface area (Å²) in [5, 5.41) is 3.28. The maximum absolute atomic E-state index is 12.8. The molecule has 0 N–H and O–H groups in total. The molecule has 3 aromatic carbocycles. The highest BCUT2D eigenvalue weighted by molar-refractivity contribution is 5.93. The monoisotopic (exact) mass is 334 g/mol. The summed E-state index contributed by atoms with van der Waals surface area (Å²) in [6.45, 7) is 4.34. The van der Waals surface area contributed by atoms with Gasteiger partial charge in [-0.15, -0.1) is 0 Å². The van der Waals surface area contributed by atoms with Crippen LogP contribution in [0.2, 0.25) is 0 Å². The second kappa shape index (κ2) is 7.47. The number of fused-ring (bicyclic) bond motifs is 2. The van der Waals surface area contributed by atoms with E-state index in [1.165, 1.54) is 0 Å². The molecule has 0 radical (unpaired) electrons. The molecule has 1 atom stereocenters. The molecule has 0 saturated heterocycles. The maximum atomic E-state index is 12.8. The van der Waals surface area contributed by atoms with Gasteiger partial charge in [0.25, 0.3) is 0 Å². The lowest BCUT2D eigenvalue weighted by atomic mass is 9.99. The summed E-state index contributed by atoms with van der Waals surface area (Å²) in [6.07, 6.45) is 1.24. The van der Waals surface area contributed by atoms with Crippen LogP contribution in [0.25, 0.3) is 21.5 Å². The molecule has 0 aliphatic heterocycles. The molecule has 128 valence electrons. The quantitative estimate of drug-likeness (QED) is 0.630. The van der Waals surface area contributed by atoms with Gasteiger partial charge in [-0.25, -0.2) is 0 Å². The first-order valence-corrected chi connectivity index (χ1v) is 8.71. The van der Waals surface area contributed by atoms with Crippen molar-refractivity contribution < 1.29 is 9.53 Å². The van der Waals surface area contributed by atoms with Gasteiger partial charge in [-0.1, -0.05) is 68.4 Å². The third kappa shape index (κ3) is 3.71. The van der Waals surface area contributed by atoms with E-state index in [1.807, 2.05) is 68.4 Å². The number of esters is 1. The van der Waals surface area contributed by atoms with E-state index in [0.717, 1.165) is 28.1 Å². The van der Waals surface area contributed by atoms with Crippen molar-refractivity contribution in [1.29, 1.82) is 0 Å². The van der Waals surface area contributed by atoms with Crippen LogP contribution in [0, 0.1) is 0 Å². The van der Waals surface area contributed by atoms with Crippen molar-refractivity contribution in [3.63, 3.8) is 0 Å². The summed E-state index contributed by atoms with van der Waals surface area (Å²) >= 11 is 0. The zero-order valence-corrected chi connectivity index (χ0v) is 14.6. The molecular formula is C22H22O3. The van der Waals surface area contributed by atoms with E-state index in [2.05, 4.69) is 0 Å². The second-order valence-electron chi connectivity index (χ2n) is 6.43. The second-order valence-corrected chi connectivity index (χ2v) is 6.43. The Hall–Kier alpha value is -2.68. The SMILES string of the molecule is CCCC(=O)OCC(C)c1ccc2c(=O)c3ccccc3ccc2c1. The van der Waals surface area contributed by atoms with Gasteiger partial charge in [-0.05, 0) is 22.8 Å². The summed E-state index contributed by atoms with van der Waals surface area (Å²) < 4.78 is 5.32. The lowest BCUT2D eigenvalue weighted by Gasteiger charge is -2.13. The highest BCUT2D eigenvalue weighted by atomic mass is 16.5. The Morgan fingerprint density at radius 3 is 2.52 bits per heavy atom. The number of carbonyl (C=O) groups excluding carboxylic acids is 1. The van der Waals surface area contributed by atoms with E-state index < -0.39 is 0 Å². The van der Waals surface area contributed by atoms with Gasteiger partial charge in [-0.3, -0.25) is 9.59 Å². The van der Waals surface area contributed by atoms with E-state index in [4.69, 9.17) is 4.74 Å². The number of benzene rings is 2. The fraction of sp³-hybridized carbons (Fsp3) is 0.273. The number of hydrogen-bond acceptors (Lipinski definition) is 3. The lowest BCUT2D eigenvalue weighted by molar-refractivity contribution is -0.144. The summed E-state index contributed by atoms with van der Waals surface area (Å²) in [4.78, 5) is 24.3. The average molecular weight is 334 g/mol. The van der Waals surface area contributed by atoms with Crippen LogP contribution in [-0.4, -0.2) is 12.6 Å². The van der Waals surface area contributed by atoms with Crippen molar-refractivity contribution in [2.75, 3.05) is 6.61 Å². The first kappa shape index (κ1) is 17.2. The maximum Gasteiger partial charge on any atom is 0.305 e.